The van der Waals surface area contributed by atoms with Gasteiger partial charge in [-0.05, 0) is 75.3 Å². The molecule has 3 aromatic heterocycles. The molecule has 3 aromatic rings. The molecule has 0 radical (unpaired) electrons. The number of halogens is 1. The number of aromatic amines is 1. The molecule has 3 N–H and O–H groups in total. The lowest BCUT2D eigenvalue weighted by molar-refractivity contribution is -0.119. The molecule has 10 heteroatoms. The molecule has 2 amide bonds. The number of rotatable bonds is 10. The van der Waals surface area contributed by atoms with E-state index in [9.17, 15) is 9.59 Å². The van der Waals surface area contributed by atoms with Crippen LogP contribution in [0.3, 0.4) is 0 Å². The molecule has 3 heterocycles. The van der Waals surface area contributed by atoms with Crippen molar-refractivity contribution in [3.8, 4) is 11.1 Å². The molecule has 190 valence electrons. The standard InChI is InChI=1S/C26H31FN6O3/c1-4-18-17(12-36-33-18)25(34)30-23(22(14-6-7-14)15-8-9-15)26(35)29-20-11-10-16(24(27)28-20)21-13(3)31-32-19(21)5-2/h10-12,14-15,22-23H,4-9H2,1-3H3,(H,30,34)(H,31,32)(H,28,29,35)/t23-/m0/s1/i2D3,5D2. The fraction of sp³-hybridized carbons (Fsp3) is 0.500. The molecule has 2 fully saturated rings. The highest BCUT2D eigenvalue weighted by Gasteiger charge is 2.48. The Morgan fingerprint density at radius 3 is 2.67 bits per heavy atom. The van der Waals surface area contributed by atoms with Crippen LogP contribution in [0.4, 0.5) is 10.2 Å². The predicted molar refractivity (Wildman–Crippen MR) is 131 cm³/mol. The largest absolute Gasteiger partial charge is 0.364 e. The van der Waals surface area contributed by atoms with E-state index < -0.39 is 42.7 Å². The number of hydrogen-bond donors (Lipinski definition) is 3. The Morgan fingerprint density at radius 2 is 2.03 bits per heavy atom. The number of amides is 2. The Labute approximate surface area is 215 Å². The molecular weight excluding hydrogens is 463 g/mol. The highest BCUT2D eigenvalue weighted by Crippen LogP contribution is 2.51. The Kier molecular flexibility index (Phi) is 5.10. The maximum atomic E-state index is 15.4. The van der Waals surface area contributed by atoms with Crippen LogP contribution in [0.2, 0.25) is 0 Å². The summed E-state index contributed by atoms with van der Waals surface area (Å²) in [5.74, 6) is -1.64. The van der Waals surface area contributed by atoms with Crippen LogP contribution >= 0.6 is 0 Å². The van der Waals surface area contributed by atoms with Gasteiger partial charge in [0, 0.05) is 23.7 Å². The van der Waals surface area contributed by atoms with E-state index in [2.05, 4.69) is 31.0 Å². The van der Waals surface area contributed by atoms with Gasteiger partial charge in [0.2, 0.25) is 11.9 Å². The van der Waals surface area contributed by atoms with Crippen LogP contribution in [0.5, 0.6) is 0 Å². The van der Waals surface area contributed by atoms with Crippen molar-refractivity contribution in [2.24, 2.45) is 17.8 Å². The second-order valence-electron chi connectivity index (χ2n) is 9.45. The number of anilines is 1. The molecule has 5 rings (SSSR count). The number of carbonyl (C=O) groups is 2. The summed E-state index contributed by atoms with van der Waals surface area (Å²) >= 11 is 0. The number of pyridine rings is 1. The third-order valence-electron chi connectivity index (χ3n) is 6.95. The number of carbonyl (C=O) groups excluding carboxylic acids is 2. The Bertz CT molecular complexity index is 1450. The number of aromatic nitrogens is 4. The van der Waals surface area contributed by atoms with Gasteiger partial charge in [0.1, 0.15) is 23.7 Å². The van der Waals surface area contributed by atoms with Gasteiger partial charge in [-0.25, -0.2) is 4.98 Å². The average molecular weight is 500 g/mol. The minimum Gasteiger partial charge on any atom is -0.364 e. The van der Waals surface area contributed by atoms with Crippen LogP contribution in [0.25, 0.3) is 11.1 Å². The minimum absolute atomic E-state index is 0.0536. The lowest BCUT2D eigenvalue weighted by Crippen LogP contribution is -2.50. The van der Waals surface area contributed by atoms with E-state index in [0.29, 0.717) is 24.0 Å². The monoisotopic (exact) mass is 499 g/mol. The number of nitrogens with one attached hydrogen (secondary N) is 3. The van der Waals surface area contributed by atoms with Crippen molar-refractivity contribution in [3.05, 3.63) is 47.0 Å². The zero-order valence-corrected chi connectivity index (χ0v) is 20.0. The van der Waals surface area contributed by atoms with Crippen LogP contribution in [-0.4, -0.2) is 38.2 Å². The molecule has 2 aliphatic carbocycles. The van der Waals surface area contributed by atoms with Crippen LogP contribution in [0, 0.1) is 30.6 Å². The summed E-state index contributed by atoms with van der Waals surface area (Å²) in [4.78, 5) is 30.6. The first-order chi connectivity index (χ1) is 19.3. The van der Waals surface area contributed by atoms with E-state index in [1.807, 2.05) is 6.92 Å². The van der Waals surface area contributed by atoms with Crippen LogP contribution in [0.15, 0.2) is 22.9 Å². The third kappa shape index (κ3) is 4.76. The van der Waals surface area contributed by atoms with Gasteiger partial charge in [0.15, 0.2) is 0 Å². The van der Waals surface area contributed by atoms with Crippen LogP contribution < -0.4 is 10.6 Å². The van der Waals surface area contributed by atoms with Gasteiger partial charge >= 0.3 is 0 Å². The summed E-state index contributed by atoms with van der Waals surface area (Å²) in [6.07, 6.45) is 2.73. The van der Waals surface area contributed by atoms with Crippen molar-refractivity contribution in [1.82, 2.24) is 25.7 Å². The number of hydrogen-bond acceptors (Lipinski definition) is 6. The highest BCUT2D eigenvalue weighted by molar-refractivity contribution is 6.01. The molecule has 2 aliphatic rings. The zero-order chi connectivity index (χ0) is 29.7. The van der Waals surface area contributed by atoms with Gasteiger partial charge in [-0.1, -0.05) is 18.9 Å². The fourth-order valence-corrected chi connectivity index (χ4v) is 4.89. The number of nitrogens with zero attached hydrogens (tertiary/aromatic N) is 3. The maximum Gasteiger partial charge on any atom is 0.257 e. The van der Waals surface area contributed by atoms with E-state index in [0.717, 1.165) is 25.7 Å². The molecule has 0 aromatic carbocycles. The van der Waals surface area contributed by atoms with Crippen LogP contribution in [0.1, 0.15) is 73.8 Å². The molecule has 0 aliphatic heterocycles. The van der Waals surface area contributed by atoms with E-state index in [-0.39, 0.29) is 34.1 Å². The van der Waals surface area contributed by atoms with Crippen LogP contribution in [-0.2, 0) is 17.6 Å². The first-order valence-corrected chi connectivity index (χ1v) is 12.1. The van der Waals surface area contributed by atoms with Gasteiger partial charge in [-0.2, -0.15) is 9.49 Å². The lowest BCUT2D eigenvalue weighted by Gasteiger charge is -2.27. The van der Waals surface area contributed by atoms with Crippen molar-refractivity contribution in [2.45, 2.75) is 65.2 Å². The topological polar surface area (TPSA) is 126 Å². The van der Waals surface area contributed by atoms with E-state index >= 15 is 4.39 Å². The number of aryl methyl sites for hydroxylation is 3. The summed E-state index contributed by atoms with van der Waals surface area (Å²) in [6, 6.07) is 1.74. The quantitative estimate of drug-likeness (QED) is 0.359. The van der Waals surface area contributed by atoms with Crippen molar-refractivity contribution >= 4 is 17.6 Å². The van der Waals surface area contributed by atoms with Gasteiger partial charge in [0.25, 0.3) is 5.91 Å². The Hall–Kier alpha value is -3.56. The second kappa shape index (κ2) is 9.83. The van der Waals surface area contributed by atoms with Gasteiger partial charge in [-0.3, -0.25) is 14.7 Å². The summed E-state index contributed by atoms with van der Waals surface area (Å²) in [6.45, 7) is 0.301. The first kappa shape index (κ1) is 18.7. The van der Waals surface area contributed by atoms with Gasteiger partial charge in [0.05, 0.1) is 11.4 Å². The van der Waals surface area contributed by atoms with E-state index in [1.165, 1.54) is 25.3 Å². The molecule has 2 saturated carbocycles. The average Bonchev–Trinajstić information content (AvgIpc) is 3.83. The minimum atomic E-state index is -3.05. The molecule has 1 atom stereocenters. The van der Waals surface area contributed by atoms with E-state index in [4.69, 9.17) is 11.4 Å². The third-order valence-corrected chi connectivity index (χ3v) is 6.95. The van der Waals surface area contributed by atoms with Crippen molar-refractivity contribution in [1.29, 1.82) is 0 Å². The zero-order valence-electron chi connectivity index (χ0n) is 25.0. The van der Waals surface area contributed by atoms with Gasteiger partial charge < -0.3 is 15.2 Å². The molecule has 9 nitrogen and oxygen atoms in total. The first-order valence-electron chi connectivity index (χ1n) is 14.6. The smallest absolute Gasteiger partial charge is 0.257 e. The molecular formula is C26H31FN6O3. The molecule has 36 heavy (non-hydrogen) atoms. The summed E-state index contributed by atoms with van der Waals surface area (Å²) in [5, 5.41) is 15.7. The van der Waals surface area contributed by atoms with Crippen molar-refractivity contribution in [3.63, 3.8) is 0 Å². The van der Waals surface area contributed by atoms with Gasteiger partial charge in [-0.15, -0.1) is 0 Å². The normalized spacial score (nSPS) is 19.1. The molecule has 0 saturated heterocycles. The Morgan fingerprint density at radius 1 is 1.28 bits per heavy atom. The molecule has 0 unspecified atom stereocenters. The number of H-pyrrole nitrogens is 1. The summed E-state index contributed by atoms with van der Waals surface area (Å²) < 4.78 is 59.3. The maximum absolute atomic E-state index is 15.4. The molecule has 0 spiro atoms. The van der Waals surface area contributed by atoms with Crippen molar-refractivity contribution in [2.75, 3.05) is 5.32 Å². The summed E-state index contributed by atoms with van der Waals surface area (Å²) in [5.41, 5.74) is 0.301. The van der Waals surface area contributed by atoms with E-state index in [1.54, 1.807) is 0 Å². The Balaban J connectivity index is 1.41. The van der Waals surface area contributed by atoms with Crippen molar-refractivity contribution < 1.29 is 25.4 Å². The molecule has 0 bridgehead atoms. The summed E-state index contributed by atoms with van der Waals surface area (Å²) in [7, 11) is 0. The predicted octanol–water partition coefficient (Wildman–Crippen LogP) is 4.21. The highest BCUT2D eigenvalue weighted by atomic mass is 19.1. The second-order valence-corrected chi connectivity index (χ2v) is 9.45. The lowest BCUT2D eigenvalue weighted by atomic mass is 9.88. The fourth-order valence-electron chi connectivity index (χ4n) is 4.89. The SMILES string of the molecule is [2H]C([2H])([2H])C([2H])([2H])c1n[nH]c(C)c1-c1ccc(NC(=O)[C@@H](NC(=O)c2conc2CC)C(C2CC2)C2CC2)nc1F.